The van der Waals surface area contributed by atoms with Gasteiger partial charge in [-0.3, -0.25) is 7.91 Å². The zero-order chi connectivity index (χ0) is 20.3. The number of aryl methyl sites for hydroxylation is 2. The number of amides is 1. The third-order valence-electron chi connectivity index (χ3n) is 5.83. The largest absolute Gasteiger partial charge is 0.442 e. The number of hydrogen-bond donors (Lipinski definition) is 0. The second kappa shape index (κ2) is 6.61. The Morgan fingerprint density at radius 3 is 2.83 bits per heavy atom. The van der Waals surface area contributed by atoms with Crippen molar-refractivity contribution in [1.29, 1.82) is 0 Å². The van der Waals surface area contributed by atoms with Crippen molar-refractivity contribution in [3.63, 3.8) is 0 Å². The average molecular weight is 504 g/mol. The summed E-state index contributed by atoms with van der Waals surface area (Å²) >= 11 is 2.29. The van der Waals surface area contributed by atoms with Crippen LogP contribution in [-0.4, -0.2) is 42.8 Å². The van der Waals surface area contributed by atoms with Gasteiger partial charge in [0, 0.05) is 36.8 Å². The van der Waals surface area contributed by atoms with Gasteiger partial charge < -0.3 is 9.32 Å². The highest BCUT2D eigenvalue weighted by Crippen LogP contribution is 2.47. The van der Waals surface area contributed by atoms with Crippen LogP contribution in [0.5, 0.6) is 0 Å². The molecule has 8 nitrogen and oxygen atoms in total. The third kappa shape index (κ3) is 3.06. The zero-order valence-corrected chi connectivity index (χ0v) is 18.7. The van der Waals surface area contributed by atoms with Crippen LogP contribution in [-0.2, 0) is 13.0 Å². The molecule has 150 valence electrons. The first-order valence-electron chi connectivity index (χ1n) is 9.68. The number of carbonyl (C=O) groups excluding carboxylic acids is 1. The first-order valence-corrected chi connectivity index (χ1v) is 10.6. The lowest BCUT2D eigenvalue weighted by Gasteiger charge is -2.28. The number of halogens is 1. The molecule has 1 saturated carbocycles. The van der Waals surface area contributed by atoms with Crippen LogP contribution in [0.15, 0.2) is 16.9 Å². The molecule has 1 aliphatic heterocycles. The summed E-state index contributed by atoms with van der Waals surface area (Å²) in [4.78, 5) is 33.0. The number of aromatic nitrogens is 4. The predicted molar refractivity (Wildman–Crippen MR) is 116 cm³/mol. The Kier molecular flexibility index (Phi) is 4.27. The van der Waals surface area contributed by atoms with E-state index in [1.807, 2.05) is 24.9 Å². The van der Waals surface area contributed by atoms with Crippen molar-refractivity contribution in [1.82, 2.24) is 24.8 Å². The van der Waals surface area contributed by atoms with Gasteiger partial charge in [0.05, 0.1) is 39.5 Å². The van der Waals surface area contributed by atoms with Crippen LogP contribution in [0.1, 0.15) is 53.0 Å². The molecule has 0 spiro atoms. The van der Waals surface area contributed by atoms with Gasteiger partial charge in [-0.2, -0.15) is 0 Å². The summed E-state index contributed by atoms with van der Waals surface area (Å²) in [6.45, 7) is 7.01. The number of hydrogen-bond acceptors (Lipinski definition) is 7. The second-order valence-corrected chi connectivity index (χ2v) is 9.02. The highest BCUT2D eigenvalue weighted by Gasteiger charge is 2.44. The molecule has 4 heterocycles. The lowest BCUT2D eigenvalue weighted by Crippen LogP contribution is -2.37. The van der Waals surface area contributed by atoms with Crippen molar-refractivity contribution in [3.8, 4) is 0 Å². The van der Waals surface area contributed by atoms with Crippen molar-refractivity contribution in [3.05, 3.63) is 40.9 Å². The van der Waals surface area contributed by atoms with Crippen LogP contribution in [0.3, 0.4) is 0 Å². The van der Waals surface area contributed by atoms with Crippen LogP contribution < -0.4 is 3.11 Å². The molecule has 1 fully saturated rings. The van der Waals surface area contributed by atoms with Gasteiger partial charge in [0.2, 0.25) is 5.71 Å². The van der Waals surface area contributed by atoms with E-state index in [-0.39, 0.29) is 11.4 Å². The Hall–Kier alpha value is -2.30. The molecule has 5 rings (SSSR count). The molecule has 0 radical (unpaired) electrons. The van der Waals surface area contributed by atoms with Crippen LogP contribution in [0.4, 0.5) is 5.82 Å². The number of anilines is 1. The Morgan fingerprint density at radius 1 is 1.28 bits per heavy atom. The highest BCUT2D eigenvalue weighted by molar-refractivity contribution is 14.1. The van der Waals surface area contributed by atoms with Crippen LogP contribution >= 0.6 is 22.9 Å². The molecule has 2 aliphatic rings. The molecule has 29 heavy (non-hydrogen) atoms. The van der Waals surface area contributed by atoms with E-state index in [0.29, 0.717) is 35.5 Å². The fourth-order valence-corrected chi connectivity index (χ4v) is 4.66. The number of nitrogens with zero attached hydrogens (tertiary/aromatic N) is 6. The molecule has 0 atom stereocenters. The van der Waals surface area contributed by atoms with Gasteiger partial charge >= 0.3 is 0 Å². The summed E-state index contributed by atoms with van der Waals surface area (Å²) in [6, 6.07) is 0. The van der Waals surface area contributed by atoms with Gasteiger partial charge in [0.25, 0.3) is 5.91 Å². The quantitative estimate of drug-likeness (QED) is 0.398. The standard InChI is InChI=1S/C20H21IN6O2/c1-11-15(19(28)26-7-4-14-13(9-26)8-22-12(2)25-14)16-17(23-10-24-18(16)29-11)27(21)20(3)5-6-20/h8,10H,4-7,9H2,1-3H3. The molecule has 1 amide bonds. The first-order chi connectivity index (χ1) is 13.9. The molecular formula is C20H21IN6O2. The second-order valence-electron chi connectivity index (χ2n) is 8.05. The van der Waals surface area contributed by atoms with Gasteiger partial charge in [-0.1, -0.05) is 0 Å². The Labute approximate surface area is 182 Å². The van der Waals surface area contributed by atoms with E-state index in [4.69, 9.17) is 4.42 Å². The van der Waals surface area contributed by atoms with Crippen LogP contribution in [0, 0.1) is 13.8 Å². The molecule has 9 heteroatoms. The molecule has 3 aromatic heterocycles. The zero-order valence-electron chi connectivity index (χ0n) is 16.6. The van der Waals surface area contributed by atoms with Gasteiger partial charge in [0.1, 0.15) is 17.9 Å². The minimum atomic E-state index is -0.0609. The van der Waals surface area contributed by atoms with Gasteiger partial charge in [-0.05, 0) is 33.6 Å². The number of fused-ring (bicyclic) bond motifs is 2. The van der Waals surface area contributed by atoms with E-state index >= 15 is 0 Å². The topological polar surface area (TPSA) is 88.2 Å². The van der Waals surface area contributed by atoms with E-state index in [9.17, 15) is 4.79 Å². The highest BCUT2D eigenvalue weighted by atomic mass is 127. The molecule has 0 bridgehead atoms. The van der Waals surface area contributed by atoms with E-state index < -0.39 is 0 Å². The minimum Gasteiger partial charge on any atom is -0.442 e. The molecule has 0 unspecified atom stereocenters. The normalized spacial score (nSPS) is 17.3. The Bertz CT molecular complexity index is 1140. The number of furan rings is 1. The average Bonchev–Trinajstić information content (AvgIpc) is 3.37. The van der Waals surface area contributed by atoms with Crippen molar-refractivity contribution in [2.24, 2.45) is 0 Å². The molecular weight excluding hydrogens is 483 g/mol. The maximum absolute atomic E-state index is 13.6. The molecule has 0 N–H and O–H groups in total. The van der Waals surface area contributed by atoms with E-state index in [1.165, 1.54) is 6.33 Å². The third-order valence-corrected chi connectivity index (χ3v) is 7.45. The van der Waals surface area contributed by atoms with Crippen molar-refractivity contribution in [2.45, 2.75) is 52.1 Å². The summed E-state index contributed by atoms with van der Waals surface area (Å²) in [5, 5.41) is 0.698. The summed E-state index contributed by atoms with van der Waals surface area (Å²) in [5.41, 5.74) is 3.10. The SMILES string of the molecule is Cc1ncc2c(n1)CCN(C(=O)c1c(C)oc3ncnc(N(I)C4(C)CC4)c13)C2. The minimum absolute atomic E-state index is 0.0609. The Balaban J connectivity index is 1.55. The fourth-order valence-electron chi connectivity index (χ4n) is 3.82. The van der Waals surface area contributed by atoms with Crippen molar-refractivity contribution in [2.75, 3.05) is 9.66 Å². The maximum Gasteiger partial charge on any atom is 0.258 e. The molecule has 0 saturated heterocycles. The monoisotopic (exact) mass is 504 g/mol. The van der Waals surface area contributed by atoms with Crippen molar-refractivity contribution >= 4 is 45.7 Å². The maximum atomic E-state index is 13.6. The summed E-state index contributed by atoms with van der Waals surface area (Å²) in [6.07, 6.45) is 6.25. The summed E-state index contributed by atoms with van der Waals surface area (Å²) in [5.74, 6) is 2.02. The number of carbonyl (C=O) groups is 1. The van der Waals surface area contributed by atoms with E-state index in [2.05, 4.69) is 52.8 Å². The Morgan fingerprint density at radius 2 is 2.07 bits per heavy atom. The predicted octanol–water partition coefficient (Wildman–Crippen LogP) is 3.54. The van der Waals surface area contributed by atoms with Crippen LogP contribution in [0.2, 0.25) is 0 Å². The van der Waals surface area contributed by atoms with E-state index in [1.54, 1.807) is 0 Å². The fraction of sp³-hybridized carbons (Fsp3) is 0.450. The molecule has 1 aliphatic carbocycles. The first kappa shape index (κ1) is 18.7. The van der Waals surface area contributed by atoms with Gasteiger partial charge in [-0.25, -0.2) is 19.9 Å². The van der Waals surface area contributed by atoms with Crippen molar-refractivity contribution < 1.29 is 9.21 Å². The summed E-state index contributed by atoms with van der Waals surface area (Å²) in [7, 11) is 0. The molecule has 0 aromatic carbocycles. The van der Waals surface area contributed by atoms with Crippen LogP contribution in [0.25, 0.3) is 11.1 Å². The molecule has 3 aromatic rings. The number of rotatable bonds is 3. The summed E-state index contributed by atoms with van der Waals surface area (Å²) < 4.78 is 7.99. The smallest absolute Gasteiger partial charge is 0.258 e. The lowest BCUT2D eigenvalue weighted by atomic mass is 10.0. The lowest BCUT2D eigenvalue weighted by molar-refractivity contribution is 0.0733. The van der Waals surface area contributed by atoms with Gasteiger partial charge in [-0.15, -0.1) is 0 Å². The van der Waals surface area contributed by atoms with Gasteiger partial charge in [0.15, 0.2) is 5.82 Å². The van der Waals surface area contributed by atoms with E-state index in [0.717, 1.165) is 42.2 Å².